The maximum absolute atomic E-state index is 5.43. The van der Waals surface area contributed by atoms with Gasteiger partial charge >= 0.3 is 0 Å². The first-order chi connectivity index (χ1) is 8.85. The fourth-order valence-electron chi connectivity index (χ4n) is 1.78. The molecular formula is C12H17N5S. The number of hydrazine groups is 1. The molecule has 0 aliphatic carbocycles. The van der Waals surface area contributed by atoms with E-state index in [9.17, 15) is 0 Å². The highest BCUT2D eigenvalue weighted by Crippen LogP contribution is 2.19. The summed E-state index contributed by atoms with van der Waals surface area (Å²) in [4.78, 5) is 8.36. The predicted molar refractivity (Wildman–Crippen MR) is 75.7 cm³/mol. The lowest BCUT2D eigenvalue weighted by atomic mass is 10.2. The Bertz CT molecular complexity index is 483. The molecular weight excluding hydrogens is 246 g/mol. The second kappa shape index (κ2) is 6.32. The quantitative estimate of drug-likeness (QED) is 0.549. The van der Waals surface area contributed by atoms with Gasteiger partial charge in [0.1, 0.15) is 18.0 Å². The molecule has 0 amide bonds. The third-order valence-electron chi connectivity index (χ3n) is 2.72. The zero-order valence-corrected chi connectivity index (χ0v) is 11.1. The maximum atomic E-state index is 5.43. The molecule has 0 saturated heterocycles. The number of thiophene rings is 1. The van der Waals surface area contributed by atoms with Crippen LogP contribution in [0.2, 0.25) is 0 Å². The number of nitrogens with one attached hydrogen (secondary N) is 2. The van der Waals surface area contributed by atoms with Crippen molar-refractivity contribution < 1.29 is 0 Å². The number of aromatic nitrogens is 2. The molecule has 0 aliphatic heterocycles. The van der Waals surface area contributed by atoms with Gasteiger partial charge in [-0.15, -0.1) is 0 Å². The van der Waals surface area contributed by atoms with E-state index in [0.717, 1.165) is 30.8 Å². The zero-order chi connectivity index (χ0) is 12.8. The summed E-state index contributed by atoms with van der Waals surface area (Å²) in [6.07, 6.45) is 3.34. The first-order valence-corrected chi connectivity index (χ1v) is 6.84. The molecule has 2 heterocycles. The van der Waals surface area contributed by atoms with Crippen molar-refractivity contribution in [1.82, 2.24) is 9.97 Å². The Labute approximate surface area is 110 Å². The minimum absolute atomic E-state index is 0.686. The normalized spacial score (nSPS) is 10.3. The number of rotatable bonds is 6. The van der Waals surface area contributed by atoms with Crippen molar-refractivity contribution in [3.8, 4) is 0 Å². The number of nitrogens with zero attached hydrogens (tertiary/aromatic N) is 2. The number of anilines is 2. The van der Waals surface area contributed by atoms with Gasteiger partial charge in [0.05, 0.1) is 0 Å². The second-order valence-corrected chi connectivity index (χ2v) is 4.64. The summed E-state index contributed by atoms with van der Waals surface area (Å²) in [5, 5.41) is 7.59. The van der Waals surface area contributed by atoms with E-state index in [1.165, 1.54) is 11.9 Å². The topological polar surface area (TPSA) is 75.9 Å². The van der Waals surface area contributed by atoms with E-state index in [2.05, 4.69) is 44.5 Å². The molecule has 0 atom stereocenters. The van der Waals surface area contributed by atoms with Gasteiger partial charge in [0.2, 0.25) is 0 Å². The van der Waals surface area contributed by atoms with Gasteiger partial charge in [0.25, 0.3) is 0 Å². The largest absolute Gasteiger partial charge is 0.369 e. The van der Waals surface area contributed by atoms with Crippen LogP contribution in [0.5, 0.6) is 0 Å². The Morgan fingerprint density at radius 1 is 1.33 bits per heavy atom. The molecule has 6 heteroatoms. The average molecular weight is 263 g/mol. The third-order valence-corrected chi connectivity index (χ3v) is 3.45. The SMILES string of the molecule is CCc1c(NN)ncnc1NCCc1ccsc1. The smallest absolute Gasteiger partial charge is 0.148 e. The lowest BCUT2D eigenvalue weighted by molar-refractivity contribution is 0.974. The van der Waals surface area contributed by atoms with Gasteiger partial charge in [-0.3, -0.25) is 0 Å². The van der Waals surface area contributed by atoms with Crippen LogP contribution in [0.4, 0.5) is 11.6 Å². The van der Waals surface area contributed by atoms with E-state index in [-0.39, 0.29) is 0 Å². The van der Waals surface area contributed by atoms with Crippen LogP contribution >= 0.6 is 11.3 Å². The van der Waals surface area contributed by atoms with Gasteiger partial charge in [-0.1, -0.05) is 6.92 Å². The summed E-state index contributed by atoms with van der Waals surface area (Å²) in [5.41, 5.74) is 4.96. The molecule has 0 unspecified atom stereocenters. The van der Waals surface area contributed by atoms with Crippen LogP contribution in [0.15, 0.2) is 23.2 Å². The molecule has 0 radical (unpaired) electrons. The van der Waals surface area contributed by atoms with Gasteiger partial charge in [-0.05, 0) is 35.2 Å². The number of nitrogen functional groups attached to an aromatic ring is 1. The first kappa shape index (κ1) is 12.8. The van der Waals surface area contributed by atoms with Crippen LogP contribution < -0.4 is 16.6 Å². The van der Waals surface area contributed by atoms with Crippen LogP contribution in [0, 0.1) is 0 Å². The van der Waals surface area contributed by atoms with Crippen LogP contribution in [0.3, 0.4) is 0 Å². The molecule has 18 heavy (non-hydrogen) atoms. The van der Waals surface area contributed by atoms with Crippen LogP contribution in [-0.4, -0.2) is 16.5 Å². The van der Waals surface area contributed by atoms with Crippen LogP contribution in [0.1, 0.15) is 18.1 Å². The van der Waals surface area contributed by atoms with Crippen LogP contribution in [-0.2, 0) is 12.8 Å². The molecule has 0 bridgehead atoms. The predicted octanol–water partition coefficient (Wildman–Crippen LogP) is 2.04. The van der Waals surface area contributed by atoms with Crippen molar-refractivity contribution in [2.45, 2.75) is 19.8 Å². The number of hydrogen-bond acceptors (Lipinski definition) is 6. The minimum atomic E-state index is 0.686. The molecule has 0 aliphatic rings. The fraction of sp³-hybridized carbons (Fsp3) is 0.333. The van der Waals surface area contributed by atoms with E-state index in [1.54, 1.807) is 11.3 Å². The lowest BCUT2D eigenvalue weighted by Gasteiger charge is -2.12. The zero-order valence-electron chi connectivity index (χ0n) is 10.3. The van der Waals surface area contributed by atoms with E-state index in [0.29, 0.717) is 5.82 Å². The van der Waals surface area contributed by atoms with Crippen molar-refractivity contribution in [2.75, 3.05) is 17.3 Å². The highest BCUT2D eigenvalue weighted by molar-refractivity contribution is 7.07. The minimum Gasteiger partial charge on any atom is -0.369 e. The molecule has 0 aromatic carbocycles. The highest BCUT2D eigenvalue weighted by Gasteiger charge is 2.08. The Morgan fingerprint density at radius 2 is 2.17 bits per heavy atom. The third kappa shape index (κ3) is 2.96. The van der Waals surface area contributed by atoms with Gasteiger partial charge < -0.3 is 10.7 Å². The molecule has 0 fully saturated rings. The summed E-state index contributed by atoms with van der Waals surface area (Å²) in [6.45, 7) is 2.91. The van der Waals surface area contributed by atoms with E-state index in [1.807, 2.05) is 0 Å². The molecule has 0 spiro atoms. The average Bonchev–Trinajstić information content (AvgIpc) is 2.91. The van der Waals surface area contributed by atoms with E-state index >= 15 is 0 Å². The summed E-state index contributed by atoms with van der Waals surface area (Å²) in [5.74, 6) is 6.98. The Hall–Kier alpha value is -1.66. The van der Waals surface area contributed by atoms with Gasteiger partial charge in [-0.2, -0.15) is 11.3 Å². The van der Waals surface area contributed by atoms with Gasteiger partial charge in [0.15, 0.2) is 0 Å². The molecule has 4 N–H and O–H groups in total. The molecule has 96 valence electrons. The van der Waals surface area contributed by atoms with Crippen molar-refractivity contribution in [3.63, 3.8) is 0 Å². The Kier molecular flexibility index (Phi) is 4.49. The summed E-state index contributed by atoms with van der Waals surface area (Å²) in [7, 11) is 0. The highest BCUT2D eigenvalue weighted by atomic mass is 32.1. The lowest BCUT2D eigenvalue weighted by Crippen LogP contribution is -2.15. The number of nitrogens with two attached hydrogens (primary N) is 1. The van der Waals surface area contributed by atoms with Crippen molar-refractivity contribution in [2.24, 2.45) is 5.84 Å². The van der Waals surface area contributed by atoms with E-state index < -0.39 is 0 Å². The van der Waals surface area contributed by atoms with Crippen molar-refractivity contribution in [1.29, 1.82) is 0 Å². The fourth-order valence-corrected chi connectivity index (χ4v) is 2.49. The van der Waals surface area contributed by atoms with Crippen molar-refractivity contribution in [3.05, 3.63) is 34.3 Å². The number of hydrogen-bond donors (Lipinski definition) is 3. The Balaban J connectivity index is 2.00. The molecule has 2 aromatic heterocycles. The molecule has 5 nitrogen and oxygen atoms in total. The van der Waals surface area contributed by atoms with Crippen LogP contribution in [0.25, 0.3) is 0 Å². The van der Waals surface area contributed by atoms with Gasteiger partial charge in [0, 0.05) is 12.1 Å². The molecule has 2 rings (SSSR count). The Morgan fingerprint density at radius 3 is 2.83 bits per heavy atom. The molecule has 0 saturated carbocycles. The first-order valence-electron chi connectivity index (χ1n) is 5.90. The second-order valence-electron chi connectivity index (χ2n) is 3.86. The standard InChI is InChI=1S/C12H17N5S/c1-2-10-11(15-8-16-12(10)17-13)14-5-3-9-4-6-18-7-9/h4,6-8H,2-3,5,13H2,1H3,(H2,14,15,16,17). The monoisotopic (exact) mass is 263 g/mol. The molecule has 2 aromatic rings. The summed E-state index contributed by atoms with van der Waals surface area (Å²) < 4.78 is 0. The maximum Gasteiger partial charge on any atom is 0.148 e. The van der Waals surface area contributed by atoms with Crippen molar-refractivity contribution >= 4 is 23.0 Å². The summed E-state index contributed by atoms with van der Waals surface area (Å²) >= 11 is 1.72. The van der Waals surface area contributed by atoms with Gasteiger partial charge in [-0.25, -0.2) is 15.8 Å². The van der Waals surface area contributed by atoms with E-state index in [4.69, 9.17) is 5.84 Å². The summed E-state index contributed by atoms with van der Waals surface area (Å²) in [6, 6.07) is 2.14.